The third-order valence-electron chi connectivity index (χ3n) is 2.44. The van der Waals surface area contributed by atoms with Gasteiger partial charge in [-0.3, -0.25) is 0 Å². The molecule has 0 aliphatic rings. The Morgan fingerprint density at radius 1 is 1.43 bits per heavy atom. The molecule has 0 saturated heterocycles. The van der Waals surface area contributed by atoms with E-state index in [4.69, 9.17) is 0 Å². The van der Waals surface area contributed by atoms with Crippen LogP contribution in [0.15, 0.2) is 5.38 Å². The fraction of sp³-hybridized carbons (Fsp3) is 0.727. The van der Waals surface area contributed by atoms with Gasteiger partial charge >= 0.3 is 0 Å². The first kappa shape index (κ1) is 11.7. The molecule has 2 atom stereocenters. The maximum atomic E-state index is 4.53. The Hall–Kier alpha value is -0.410. The van der Waals surface area contributed by atoms with Gasteiger partial charge in [-0.15, -0.1) is 11.3 Å². The van der Waals surface area contributed by atoms with Gasteiger partial charge in [-0.2, -0.15) is 0 Å². The molecular weight excluding hydrogens is 192 g/mol. The lowest BCUT2D eigenvalue weighted by molar-refractivity contribution is 0.436. The number of hydrogen-bond acceptors (Lipinski definition) is 3. The summed E-state index contributed by atoms with van der Waals surface area (Å²) in [4.78, 5) is 4.53. The van der Waals surface area contributed by atoms with Crippen LogP contribution in [-0.4, -0.2) is 11.0 Å². The molecule has 80 valence electrons. The first-order valence-corrected chi connectivity index (χ1v) is 6.23. The first-order valence-electron chi connectivity index (χ1n) is 5.35. The summed E-state index contributed by atoms with van der Waals surface area (Å²) in [5, 5.41) is 6.94. The number of thiazole rings is 1. The van der Waals surface area contributed by atoms with Crippen LogP contribution in [0.25, 0.3) is 0 Å². The Kier molecular flexibility index (Phi) is 4.55. The Morgan fingerprint density at radius 3 is 2.57 bits per heavy atom. The maximum Gasteiger partial charge on any atom is 0.110 e. The van der Waals surface area contributed by atoms with Gasteiger partial charge in [0.2, 0.25) is 0 Å². The van der Waals surface area contributed by atoms with E-state index in [1.165, 1.54) is 11.4 Å². The van der Waals surface area contributed by atoms with Crippen LogP contribution < -0.4 is 5.32 Å². The summed E-state index contributed by atoms with van der Waals surface area (Å²) in [6.07, 6.45) is 2.28. The Morgan fingerprint density at radius 2 is 2.14 bits per heavy atom. The predicted octanol–water partition coefficient (Wildman–Crippen LogP) is 3.29. The molecule has 0 radical (unpaired) electrons. The van der Waals surface area contributed by atoms with Crippen molar-refractivity contribution < 1.29 is 0 Å². The minimum absolute atomic E-state index is 0.434. The molecule has 1 aromatic rings. The van der Waals surface area contributed by atoms with E-state index in [1.54, 1.807) is 11.3 Å². The third kappa shape index (κ3) is 3.07. The molecule has 3 heteroatoms. The van der Waals surface area contributed by atoms with Crippen molar-refractivity contribution in [2.75, 3.05) is 0 Å². The van der Waals surface area contributed by atoms with Gasteiger partial charge in [0, 0.05) is 17.1 Å². The fourth-order valence-electron chi connectivity index (χ4n) is 1.36. The van der Waals surface area contributed by atoms with Crippen LogP contribution in [0, 0.1) is 6.92 Å². The van der Waals surface area contributed by atoms with Crippen LogP contribution >= 0.6 is 11.3 Å². The summed E-state index contributed by atoms with van der Waals surface area (Å²) in [5.41, 5.74) is 1.13. The second-order valence-electron chi connectivity index (χ2n) is 3.76. The maximum absolute atomic E-state index is 4.53. The minimum Gasteiger partial charge on any atom is -0.305 e. The summed E-state index contributed by atoms with van der Waals surface area (Å²) in [6, 6.07) is 1.01. The van der Waals surface area contributed by atoms with E-state index in [2.05, 4.69) is 43.4 Å². The van der Waals surface area contributed by atoms with Crippen molar-refractivity contribution in [2.45, 2.75) is 52.6 Å². The molecule has 14 heavy (non-hydrogen) atoms. The molecule has 1 heterocycles. The van der Waals surface area contributed by atoms with Crippen molar-refractivity contribution in [2.24, 2.45) is 0 Å². The topological polar surface area (TPSA) is 24.9 Å². The van der Waals surface area contributed by atoms with Crippen molar-refractivity contribution in [1.82, 2.24) is 10.3 Å². The number of aromatic nitrogens is 1. The number of hydrogen-bond donors (Lipinski definition) is 1. The van der Waals surface area contributed by atoms with E-state index < -0.39 is 0 Å². The van der Waals surface area contributed by atoms with Gasteiger partial charge < -0.3 is 5.32 Å². The van der Waals surface area contributed by atoms with Crippen LogP contribution in [0.2, 0.25) is 0 Å². The molecule has 0 spiro atoms. The normalized spacial score (nSPS) is 15.4. The van der Waals surface area contributed by atoms with Crippen LogP contribution in [-0.2, 0) is 0 Å². The molecule has 0 bridgehead atoms. The molecule has 0 aliphatic carbocycles. The van der Waals surface area contributed by atoms with Crippen LogP contribution in [0.3, 0.4) is 0 Å². The lowest BCUT2D eigenvalue weighted by Crippen LogP contribution is -2.29. The van der Waals surface area contributed by atoms with Gasteiger partial charge in [0.25, 0.3) is 0 Å². The number of nitrogens with zero attached hydrogens (tertiary/aromatic N) is 1. The van der Waals surface area contributed by atoms with Crippen LogP contribution in [0.5, 0.6) is 0 Å². The zero-order chi connectivity index (χ0) is 10.6. The molecule has 2 unspecified atom stereocenters. The predicted molar refractivity (Wildman–Crippen MR) is 62.8 cm³/mol. The quantitative estimate of drug-likeness (QED) is 0.810. The second-order valence-corrected chi connectivity index (χ2v) is 4.65. The molecular formula is C11H20N2S. The van der Waals surface area contributed by atoms with Crippen LogP contribution in [0.1, 0.15) is 50.4 Å². The molecule has 2 nitrogen and oxygen atoms in total. The molecule has 0 aliphatic heterocycles. The monoisotopic (exact) mass is 212 g/mol. The van der Waals surface area contributed by atoms with Gasteiger partial charge in [-0.1, -0.05) is 13.8 Å². The van der Waals surface area contributed by atoms with E-state index in [9.17, 15) is 0 Å². The van der Waals surface area contributed by atoms with Gasteiger partial charge in [0.05, 0.1) is 6.04 Å². The molecule has 0 amide bonds. The van der Waals surface area contributed by atoms with Crippen LogP contribution in [0.4, 0.5) is 0 Å². The highest BCUT2D eigenvalue weighted by atomic mass is 32.1. The van der Waals surface area contributed by atoms with Gasteiger partial charge in [-0.25, -0.2) is 4.98 Å². The Bertz CT molecular complexity index is 270. The lowest BCUT2D eigenvalue weighted by Gasteiger charge is -2.19. The summed E-state index contributed by atoms with van der Waals surface area (Å²) in [7, 11) is 0. The Labute approximate surface area is 90.8 Å². The summed E-state index contributed by atoms with van der Waals surface area (Å²) in [5.74, 6) is 0. The van der Waals surface area contributed by atoms with E-state index in [0.717, 1.165) is 12.1 Å². The van der Waals surface area contributed by atoms with Crippen molar-refractivity contribution in [3.63, 3.8) is 0 Å². The molecule has 0 saturated carbocycles. The number of rotatable bonds is 5. The standard InChI is InChI=1S/C11H20N2S/c1-5-8(3)12-10(6-2)11-13-9(4)7-14-11/h7-8,10,12H,5-6H2,1-4H3. The summed E-state index contributed by atoms with van der Waals surface area (Å²) >= 11 is 1.76. The van der Waals surface area contributed by atoms with Gasteiger partial charge in [-0.05, 0) is 26.7 Å². The molecule has 1 aromatic heterocycles. The highest BCUT2D eigenvalue weighted by Gasteiger charge is 2.14. The van der Waals surface area contributed by atoms with Crippen molar-refractivity contribution in [3.8, 4) is 0 Å². The molecule has 0 fully saturated rings. The van der Waals surface area contributed by atoms with E-state index >= 15 is 0 Å². The zero-order valence-corrected chi connectivity index (χ0v) is 10.3. The SMILES string of the molecule is CCC(C)NC(CC)c1nc(C)cs1. The van der Waals surface area contributed by atoms with E-state index in [-0.39, 0.29) is 0 Å². The minimum atomic E-state index is 0.434. The summed E-state index contributed by atoms with van der Waals surface area (Å²) < 4.78 is 0. The zero-order valence-electron chi connectivity index (χ0n) is 9.50. The third-order valence-corrected chi connectivity index (χ3v) is 3.52. The smallest absolute Gasteiger partial charge is 0.110 e. The van der Waals surface area contributed by atoms with Gasteiger partial charge in [0.15, 0.2) is 0 Å². The van der Waals surface area contributed by atoms with E-state index in [0.29, 0.717) is 12.1 Å². The molecule has 1 N–H and O–H groups in total. The number of nitrogens with one attached hydrogen (secondary N) is 1. The fourth-order valence-corrected chi connectivity index (χ4v) is 2.30. The first-order chi connectivity index (χ1) is 6.67. The van der Waals surface area contributed by atoms with Crippen molar-refractivity contribution in [1.29, 1.82) is 0 Å². The van der Waals surface area contributed by atoms with Crippen molar-refractivity contribution >= 4 is 11.3 Å². The molecule has 0 aromatic carbocycles. The number of aryl methyl sites for hydroxylation is 1. The average molecular weight is 212 g/mol. The Balaban J connectivity index is 2.62. The highest BCUT2D eigenvalue weighted by molar-refractivity contribution is 7.09. The lowest BCUT2D eigenvalue weighted by atomic mass is 10.2. The molecule has 1 rings (SSSR count). The van der Waals surface area contributed by atoms with E-state index in [1.807, 2.05) is 0 Å². The largest absolute Gasteiger partial charge is 0.305 e. The van der Waals surface area contributed by atoms with Gasteiger partial charge in [0.1, 0.15) is 5.01 Å². The highest BCUT2D eigenvalue weighted by Crippen LogP contribution is 2.21. The second kappa shape index (κ2) is 5.47. The summed E-state index contributed by atoms with van der Waals surface area (Å²) in [6.45, 7) is 8.69. The average Bonchev–Trinajstić information content (AvgIpc) is 2.60. The van der Waals surface area contributed by atoms with Crippen molar-refractivity contribution in [3.05, 3.63) is 16.1 Å².